The van der Waals surface area contributed by atoms with Crippen LogP contribution in [0.1, 0.15) is 18.4 Å². The minimum atomic E-state index is -2.56. The topological polar surface area (TPSA) is 70.7 Å². The van der Waals surface area contributed by atoms with E-state index in [1.165, 1.54) is 0 Å². The number of halogens is 2. The summed E-state index contributed by atoms with van der Waals surface area (Å²) < 4.78 is 28.9. The van der Waals surface area contributed by atoms with Gasteiger partial charge in [0, 0.05) is 56.3 Å². The number of hydrogen-bond donors (Lipinski definition) is 1. The van der Waals surface area contributed by atoms with E-state index in [4.69, 9.17) is 0 Å². The highest BCUT2D eigenvalue weighted by Gasteiger charge is 2.34. The van der Waals surface area contributed by atoms with Gasteiger partial charge in [-0.3, -0.25) is 19.5 Å². The Bertz CT molecular complexity index is 1160. The van der Waals surface area contributed by atoms with Crippen LogP contribution >= 0.6 is 0 Å². The van der Waals surface area contributed by atoms with Crippen molar-refractivity contribution in [2.45, 2.75) is 18.8 Å². The van der Waals surface area contributed by atoms with Crippen LogP contribution in [0, 0.1) is 0 Å². The van der Waals surface area contributed by atoms with Crippen LogP contribution in [0.2, 0.25) is 0 Å². The molecule has 3 aromatic rings. The number of piperidine rings is 1. The number of pyridine rings is 2. The van der Waals surface area contributed by atoms with Crippen molar-refractivity contribution in [2.75, 3.05) is 31.6 Å². The second-order valence-corrected chi connectivity index (χ2v) is 7.53. The molecule has 30 heavy (non-hydrogen) atoms. The first-order valence-electron chi connectivity index (χ1n) is 9.85. The molecule has 7 nitrogen and oxygen atoms in total. The number of anilines is 1. The van der Waals surface area contributed by atoms with Gasteiger partial charge < -0.3 is 10.2 Å². The third-order valence-corrected chi connectivity index (χ3v) is 5.57. The van der Waals surface area contributed by atoms with E-state index in [0.29, 0.717) is 19.6 Å². The molecule has 0 saturated carbocycles. The van der Waals surface area contributed by atoms with Gasteiger partial charge in [0.2, 0.25) is 0 Å². The van der Waals surface area contributed by atoms with E-state index in [2.05, 4.69) is 25.3 Å². The monoisotopic (exact) mass is 409 g/mol. The minimum absolute atomic E-state index is 0.118. The summed E-state index contributed by atoms with van der Waals surface area (Å²) in [7, 11) is 1.73. The second kappa shape index (κ2) is 7.16. The predicted octanol–water partition coefficient (Wildman–Crippen LogP) is 3.03. The first kappa shape index (κ1) is 18.7. The number of fused-ring (bicyclic) bond motifs is 1. The van der Waals surface area contributed by atoms with E-state index in [0.717, 1.165) is 39.6 Å². The summed E-state index contributed by atoms with van der Waals surface area (Å²) in [5.41, 5.74) is 3.40. The van der Waals surface area contributed by atoms with Gasteiger partial charge in [0.05, 0.1) is 30.3 Å². The molecule has 9 heteroatoms. The van der Waals surface area contributed by atoms with Crippen LogP contribution in [-0.2, 0) is 0 Å². The van der Waals surface area contributed by atoms with Gasteiger partial charge in [0.25, 0.3) is 5.92 Å². The van der Waals surface area contributed by atoms with Crippen LogP contribution in [0.25, 0.3) is 16.7 Å². The van der Waals surface area contributed by atoms with Crippen LogP contribution in [0.4, 0.5) is 14.5 Å². The smallest absolute Gasteiger partial charge is 0.251 e. The molecule has 1 fully saturated rings. The van der Waals surface area contributed by atoms with E-state index in [1.807, 2.05) is 33.9 Å². The van der Waals surface area contributed by atoms with Crippen LogP contribution in [-0.4, -0.2) is 58.8 Å². The van der Waals surface area contributed by atoms with Crippen LogP contribution in [0.5, 0.6) is 0 Å². The Hall–Kier alpha value is -3.36. The molecule has 3 aromatic heterocycles. The molecular formula is C21H21F2N7. The molecule has 0 aromatic carbocycles. The van der Waals surface area contributed by atoms with Crippen molar-refractivity contribution in [3.05, 3.63) is 48.5 Å². The standard InChI is InChI=1S/C21H21F2N7/c1-24-18-13-26-19(28-18)15-9-17(11-25-10-15)30-5-2-14-8-16(12-27-20(14)30)29-6-3-21(22,23)4-7-29/h2,5,8-12H,3-4,6-7,13H2,1H3,(H,24,26,28). The molecule has 0 unspecified atom stereocenters. The molecule has 1 N–H and O–H groups in total. The number of aliphatic imine (C=N–C) groups is 2. The van der Waals surface area contributed by atoms with Crippen molar-refractivity contribution in [1.82, 2.24) is 19.9 Å². The van der Waals surface area contributed by atoms with Gasteiger partial charge in [-0.1, -0.05) is 0 Å². The summed E-state index contributed by atoms with van der Waals surface area (Å²) in [5, 5.41) is 4.14. The number of hydrogen-bond acceptors (Lipinski definition) is 5. The molecule has 0 amide bonds. The van der Waals surface area contributed by atoms with Gasteiger partial charge in [-0.05, 0) is 18.2 Å². The number of alkyl halides is 2. The maximum atomic E-state index is 13.5. The van der Waals surface area contributed by atoms with Crippen molar-refractivity contribution < 1.29 is 8.78 Å². The highest BCUT2D eigenvalue weighted by atomic mass is 19.3. The molecule has 0 aliphatic carbocycles. The average Bonchev–Trinajstić information content (AvgIpc) is 3.40. The molecule has 0 bridgehead atoms. The van der Waals surface area contributed by atoms with Gasteiger partial charge in [-0.2, -0.15) is 0 Å². The molecule has 2 aliphatic heterocycles. The lowest BCUT2D eigenvalue weighted by Crippen LogP contribution is -2.39. The zero-order valence-corrected chi connectivity index (χ0v) is 16.5. The summed E-state index contributed by atoms with van der Waals surface area (Å²) in [6, 6.07) is 5.98. The van der Waals surface area contributed by atoms with Crippen LogP contribution in [0.15, 0.2) is 53.0 Å². The van der Waals surface area contributed by atoms with Crippen molar-refractivity contribution in [3.8, 4) is 5.69 Å². The number of rotatable bonds is 3. The minimum Gasteiger partial charge on any atom is -0.370 e. The van der Waals surface area contributed by atoms with E-state index in [1.54, 1.807) is 25.6 Å². The van der Waals surface area contributed by atoms with Crippen LogP contribution < -0.4 is 10.2 Å². The molecule has 0 atom stereocenters. The van der Waals surface area contributed by atoms with Gasteiger partial charge in [-0.25, -0.2) is 13.8 Å². The lowest BCUT2D eigenvalue weighted by molar-refractivity contribution is -0.0220. The highest BCUT2D eigenvalue weighted by Crippen LogP contribution is 2.31. The summed E-state index contributed by atoms with van der Waals surface area (Å²) in [5.74, 6) is -0.984. The first-order chi connectivity index (χ1) is 14.5. The Balaban J connectivity index is 1.43. The van der Waals surface area contributed by atoms with Crippen LogP contribution in [0.3, 0.4) is 0 Å². The third kappa shape index (κ3) is 3.40. The largest absolute Gasteiger partial charge is 0.370 e. The Kier molecular flexibility index (Phi) is 4.45. The first-order valence-corrected chi connectivity index (χ1v) is 9.85. The normalized spacial score (nSPS) is 19.9. The molecule has 2 aliphatic rings. The van der Waals surface area contributed by atoms with Crippen molar-refractivity contribution in [3.63, 3.8) is 0 Å². The maximum Gasteiger partial charge on any atom is 0.251 e. The number of aromatic nitrogens is 3. The fourth-order valence-corrected chi connectivity index (χ4v) is 3.83. The van der Waals surface area contributed by atoms with E-state index in [-0.39, 0.29) is 12.8 Å². The highest BCUT2D eigenvalue weighted by molar-refractivity contribution is 6.14. The third-order valence-electron chi connectivity index (χ3n) is 5.57. The van der Waals surface area contributed by atoms with Gasteiger partial charge in [0.15, 0.2) is 0 Å². The maximum absolute atomic E-state index is 13.5. The summed E-state index contributed by atoms with van der Waals surface area (Å²) >= 11 is 0. The van der Waals surface area contributed by atoms with Crippen molar-refractivity contribution in [2.24, 2.45) is 9.98 Å². The zero-order chi connectivity index (χ0) is 20.7. The van der Waals surface area contributed by atoms with Crippen molar-refractivity contribution in [1.29, 1.82) is 0 Å². The summed E-state index contributed by atoms with van der Waals surface area (Å²) in [6.45, 7) is 1.21. The average molecular weight is 409 g/mol. The molecule has 1 saturated heterocycles. The Morgan fingerprint density at radius 1 is 1.10 bits per heavy atom. The molecule has 0 spiro atoms. The Morgan fingerprint density at radius 2 is 1.93 bits per heavy atom. The number of nitrogens with one attached hydrogen (secondary N) is 1. The quantitative estimate of drug-likeness (QED) is 0.722. The van der Waals surface area contributed by atoms with E-state index >= 15 is 0 Å². The molecule has 5 heterocycles. The predicted molar refractivity (Wildman–Crippen MR) is 113 cm³/mol. The SMILES string of the molecule is CN=C1CN=C(c2cncc(-n3ccc4cc(N5CCC(F)(F)CC5)cnc43)c2)N1. The molecular weight excluding hydrogens is 388 g/mol. The van der Waals surface area contributed by atoms with E-state index < -0.39 is 5.92 Å². The summed E-state index contributed by atoms with van der Waals surface area (Å²) in [4.78, 5) is 19.6. The fourth-order valence-electron chi connectivity index (χ4n) is 3.83. The number of amidine groups is 2. The zero-order valence-electron chi connectivity index (χ0n) is 16.5. The number of nitrogens with zero attached hydrogens (tertiary/aromatic N) is 6. The Labute approximate surface area is 172 Å². The molecule has 5 rings (SSSR count). The van der Waals surface area contributed by atoms with E-state index in [9.17, 15) is 8.78 Å². The van der Waals surface area contributed by atoms with Gasteiger partial charge in [0.1, 0.15) is 17.3 Å². The van der Waals surface area contributed by atoms with Crippen molar-refractivity contribution >= 4 is 28.4 Å². The summed E-state index contributed by atoms with van der Waals surface area (Å²) in [6.07, 6.45) is 6.99. The van der Waals surface area contributed by atoms with Gasteiger partial charge in [-0.15, -0.1) is 0 Å². The molecule has 0 radical (unpaired) electrons. The lowest BCUT2D eigenvalue weighted by atomic mass is 10.1. The fraction of sp³-hybridized carbons (Fsp3) is 0.333. The van der Waals surface area contributed by atoms with Gasteiger partial charge >= 0.3 is 0 Å². The second-order valence-electron chi connectivity index (χ2n) is 7.53. The Morgan fingerprint density at radius 3 is 2.70 bits per heavy atom. The lowest BCUT2D eigenvalue weighted by Gasteiger charge is -2.33. The molecule has 154 valence electrons.